The molecular weight excluding hydrogens is 1050 g/mol. The molecule has 20 nitrogen and oxygen atoms in total. The number of ether oxygens (including phenoxy) is 4. The maximum Gasteiger partial charge on any atom is 0.487 e. The smallest absolute Gasteiger partial charge is 0.463 e. The molecule has 3 fully saturated rings. The zero-order chi connectivity index (χ0) is 52.7. The topological polar surface area (TPSA) is 234 Å². The van der Waals surface area contributed by atoms with Crippen LogP contribution in [0.5, 0.6) is 0 Å². The van der Waals surface area contributed by atoms with E-state index >= 15 is 0 Å². The fraction of sp³-hybridized carbons (Fsp3) is 0.682. The molecule has 0 atom stereocenters. The summed E-state index contributed by atoms with van der Waals surface area (Å²) < 4.78 is 82.3. The van der Waals surface area contributed by atoms with Gasteiger partial charge in [0.05, 0.1) is 53.1 Å². The summed E-state index contributed by atoms with van der Waals surface area (Å²) in [6, 6.07) is 2.00. The Morgan fingerprint density at radius 3 is 1.51 bits per heavy atom. The van der Waals surface area contributed by atoms with Crippen LogP contribution >= 0.6 is 15.9 Å². The van der Waals surface area contributed by atoms with Crippen molar-refractivity contribution in [2.24, 2.45) is 0 Å². The monoisotopic (exact) mass is 1120 g/mol. The second-order valence-electron chi connectivity index (χ2n) is 20.2. The molecule has 0 aromatic carbocycles. The number of anilines is 2. The molecule has 2 aromatic heterocycles. The molecule has 3 aliphatic heterocycles. The van der Waals surface area contributed by atoms with Gasteiger partial charge in [0.1, 0.15) is 18.1 Å². The van der Waals surface area contributed by atoms with E-state index in [2.05, 4.69) is 65.2 Å². The summed E-state index contributed by atoms with van der Waals surface area (Å²) in [5, 5.41) is 0. The maximum atomic E-state index is 12.9. The van der Waals surface area contributed by atoms with Crippen molar-refractivity contribution < 1.29 is 54.7 Å². The average Bonchev–Trinajstić information content (AvgIpc) is 3.46. The van der Waals surface area contributed by atoms with Gasteiger partial charge in [-0.05, 0) is 81.6 Å². The number of halogens is 1. The third-order valence-electron chi connectivity index (χ3n) is 11.3. The van der Waals surface area contributed by atoms with E-state index in [1.807, 2.05) is 27.7 Å². The second-order valence-corrected chi connectivity index (χ2v) is 36.9. The summed E-state index contributed by atoms with van der Waals surface area (Å²) >= 11 is 3.31. The van der Waals surface area contributed by atoms with Crippen LogP contribution in [0.1, 0.15) is 47.2 Å². The molecule has 394 valence electrons. The first-order chi connectivity index (χ1) is 32.4. The van der Waals surface area contributed by atoms with Gasteiger partial charge in [0.15, 0.2) is 31.3 Å². The van der Waals surface area contributed by atoms with E-state index in [0.29, 0.717) is 30.1 Å². The Kier molecular flexibility index (Phi) is 23.0. The minimum Gasteiger partial charge on any atom is -0.463 e. The van der Waals surface area contributed by atoms with Gasteiger partial charge in [0.25, 0.3) is 11.1 Å². The molecule has 0 bridgehead atoms. The van der Waals surface area contributed by atoms with Gasteiger partial charge in [-0.25, -0.2) is 36.4 Å². The second kappa shape index (κ2) is 26.4. The highest BCUT2D eigenvalue weighted by Crippen LogP contribution is 2.36. The lowest BCUT2D eigenvalue weighted by molar-refractivity contribution is -0.138. The number of carbonyl (C=O) groups is 2. The van der Waals surface area contributed by atoms with E-state index in [1.54, 1.807) is 35.8 Å². The predicted molar refractivity (Wildman–Crippen MR) is 282 cm³/mol. The quantitative estimate of drug-likeness (QED) is 0.0855. The minimum atomic E-state index is -3.09. The molecule has 0 aliphatic carbocycles. The summed E-state index contributed by atoms with van der Waals surface area (Å²) in [6.07, 6.45) is 7.18. The van der Waals surface area contributed by atoms with E-state index in [1.165, 1.54) is 33.6 Å². The van der Waals surface area contributed by atoms with Crippen LogP contribution in [-0.2, 0) is 71.0 Å². The molecule has 0 saturated carbocycles. The fourth-order valence-corrected chi connectivity index (χ4v) is 10.6. The van der Waals surface area contributed by atoms with Gasteiger partial charge in [0.2, 0.25) is 0 Å². The average molecular weight is 1120 g/mol. The van der Waals surface area contributed by atoms with E-state index < -0.39 is 48.9 Å². The van der Waals surface area contributed by atoms with Crippen LogP contribution in [0.25, 0.3) is 6.08 Å². The van der Waals surface area contributed by atoms with Crippen LogP contribution in [0.4, 0.5) is 11.6 Å². The first-order valence-corrected chi connectivity index (χ1v) is 35.2. The summed E-state index contributed by atoms with van der Waals surface area (Å²) in [7, 11) is -9.01. The molecule has 3 saturated heterocycles. The number of hydrogen-bond acceptors (Lipinski definition) is 18. The van der Waals surface area contributed by atoms with E-state index in [0.717, 1.165) is 12.1 Å². The van der Waals surface area contributed by atoms with Gasteiger partial charge in [0, 0.05) is 80.1 Å². The van der Waals surface area contributed by atoms with Crippen LogP contribution in [0, 0.1) is 0 Å². The number of hydrogen-bond donors (Lipinski definition) is 0. The Labute approximate surface area is 424 Å². The van der Waals surface area contributed by atoms with E-state index in [-0.39, 0.29) is 109 Å². The third-order valence-corrected chi connectivity index (χ3v) is 18.3. The first kappa shape index (κ1) is 60.8. The zero-order valence-electron chi connectivity index (χ0n) is 42.9. The molecule has 26 heteroatoms. The highest BCUT2D eigenvalue weighted by atomic mass is 79.9. The number of carbonyl (C=O) groups excluding carboxylic acids is 2. The third kappa shape index (κ3) is 20.9. The Balaban J connectivity index is 0.000000291. The van der Waals surface area contributed by atoms with Gasteiger partial charge in [-0.2, -0.15) is 0 Å². The fourth-order valence-electron chi connectivity index (χ4n) is 6.31. The van der Waals surface area contributed by atoms with Crippen molar-refractivity contribution in [3.05, 3.63) is 61.5 Å². The van der Waals surface area contributed by atoms with E-state index in [4.69, 9.17) is 28.3 Å². The van der Waals surface area contributed by atoms with Crippen LogP contribution in [-0.4, -0.2) is 158 Å². The Hall–Kier alpha value is -3.50. The van der Waals surface area contributed by atoms with Crippen LogP contribution in [0.2, 0.25) is 51.4 Å². The van der Waals surface area contributed by atoms with Crippen molar-refractivity contribution in [2.45, 2.75) is 118 Å². The van der Waals surface area contributed by atoms with Crippen LogP contribution < -0.4 is 20.9 Å². The van der Waals surface area contributed by atoms with Gasteiger partial charge >= 0.3 is 19.1 Å². The maximum absolute atomic E-state index is 12.9. The summed E-state index contributed by atoms with van der Waals surface area (Å²) in [5.74, 6) is 1.17. The Morgan fingerprint density at radius 1 is 0.700 bits per heavy atom. The van der Waals surface area contributed by atoms with Crippen molar-refractivity contribution in [1.29, 1.82) is 0 Å². The van der Waals surface area contributed by atoms with Gasteiger partial charge in [-0.1, -0.05) is 39.3 Å². The molecule has 2 aromatic rings. The highest BCUT2D eigenvalue weighted by molar-refractivity contribution is 9.10. The molecule has 5 rings (SSSR count). The van der Waals surface area contributed by atoms with Crippen molar-refractivity contribution in [2.75, 3.05) is 85.4 Å². The van der Waals surface area contributed by atoms with Crippen molar-refractivity contribution in [3.63, 3.8) is 0 Å². The largest absolute Gasteiger partial charge is 0.487 e. The Morgan fingerprint density at radius 2 is 1.10 bits per heavy atom. The molecule has 3 aliphatic rings. The van der Waals surface area contributed by atoms with Gasteiger partial charge in [-0.15, -0.1) is 0 Å². The predicted octanol–water partition coefficient (Wildman–Crippen LogP) is 4.66. The number of aromatic nitrogens is 4. The van der Waals surface area contributed by atoms with Gasteiger partial charge < -0.3 is 38.1 Å². The molecule has 0 amide bonds. The molecule has 70 heavy (non-hydrogen) atoms. The lowest BCUT2D eigenvalue weighted by Gasteiger charge is -2.32. The zero-order valence-corrected chi connectivity index (χ0v) is 48.2. The van der Waals surface area contributed by atoms with Crippen LogP contribution in [0.3, 0.4) is 0 Å². The Bertz CT molecular complexity index is 2450. The first-order valence-electron chi connectivity index (χ1n) is 23.4. The minimum absolute atomic E-state index is 0.0241. The molecule has 0 unspecified atom stereocenters. The lowest BCUT2D eigenvalue weighted by Crippen LogP contribution is -2.44. The molecule has 0 N–H and O–H groups in total. The summed E-state index contributed by atoms with van der Waals surface area (Å²) in [6.45, 7) is 27.9. The highest BCUT2D eigenvalue weighted by Gasteiger charge is 2.50. The molecule has 0 radical (unpaired) electrons. The number of rotatable bonds is 18. The lowest BCUT2D eigenvalue weighted by atomic mass is 9.90. The van der Waals surface area contributed by atoms with Gasteiger partial charge in [-0.3, -0.25) is 18.7 Å². The van der Waals surface area contributed by atoms with Crippen LogP contribution in [0.15, 0.2) is 44.7 Å². The molecular formula is C44H74BBrN6O14S2Si2. The molecule has 5 heterocycles. The van der Waals surface area contributed by atoms with Crippen molar-refractivity contribution in [3.8, 4) is 0 Å². The summed E-state index contributed by atoms with van der Waals surface area (Å²) in [4.78, 5) is 60.3. The molecule has 0 spiro atoms. The van der Waals surface area contributed by atoms with Crippen molar-refractivity contribution in [1.82, 2.24) is 19.1 Å². The van der Waals surface area contributed by atoms with Crippen molar-refractivity contribution >= 4 is 88.5 Å². The number of sulfone groups is 2. The summed E-state index contributed by atoms with van der Waals surface area (Å²) in [5.41, 5.74) is -0.978. The SMILES string of the molecule is CCOC(=O)/C=C/B1OC(C)(C)C(C)(C)O1.CCOC(=O)/C=C/c1cn(COCC[Si](C)(C)C)c(=O)c(N2CCS(=O)(=O)CC2)n1.C[Si](C)(C)CCOCn1cc(Br)nc(N2CCS(=O)(=O)CC2)c1=O. The number of nitrogens with zero attached hydrogens (tertiary/aromatic N) is 6. The normalized spacial score (nSPS) is 18.5. The number of esters is 2. The van der Waals surface area contributed by atoms with E-state index in [9.17, 15) is 36.0 Å². The standard InChI is InChI=1S/C19H31N3O6SSi.C14H24BrN3O4SSi.C11H19BO4/c1-5-28-17(23)7-6-16-14-22(15-27-10-13-30(2,3)4)19(24)18(20-16)21-8-11-29(25,26)12-9-21;1-24(2,3)9-6-22-11-18-10-12(15)16-13(14(18)19)17-4-7-23(20,21)8-5-17;1-6-14-9(13)7-8-12-15-10(2,3)11(4,5)16-12/h6-7,14H,5,8-13,15H2,1-4H3;10H,4-9,11H2,1-3H3;7-8H,6H2,1-5H3/b7-6+;;8-7+.